The van der Waals surface area contributed by atoms with Gasteiger partial charge in [0, 0.05) is 12.4 Å². The quantitative estimate of drug-likeness (QED) is 0.754. The fourth-order valence-electron chi connectivity index (χ4n) is 2.56. The van der Waals surface area contributed by atoms with Gasteiger partial charge in [-0.1, -0.05) is 24.3 Å². The van der Waals surface area contributed by atoms with Gasteiger partial charge >= 0.3 is 0 Å². The summed E-state index contributed by atoms with van der Waals surface area (Å²) >= 11 is 0. The lowest BCUT2D eigenvalue weighted by Crippen LogP contribution is -2.16. The Morgan fingerprint density at radius 3 is 2.27 bits per heavy atom. The number of hydrogen-bond donors (Lipinski definition) is 1. The smallest absolute Gasteiger partial charge is 0.0747 e. The molecule has 1 N–H and O–H groups in total. The highest BCUT2D eigenvalue weighted by atomic mass is 16.3. The average Bonchev–Trinajstić information content (AvgIpc) is 2.82. The number of aliphatic hydroxyl groups is 1. The van der Waals surface area contributed by atoms with Crippen LogP contribution in [0.5, 0.6) is 0 Å². The second kappa shape index (κ2) is 3.38. The van der Waals surface area contributed by atoms with Gasteiger partial charge in [0.05, 0.1) is 12.1 Å². The second-order valence-electron chi connectivity index (χ2n) is 4.40. The summed E-state index contributed by atoms with van der Waals surface area (Å²) in [6, 6.07) is 8.63. The summed E-state index contributed by atoms with van der Waals surface area (Å²) < 4.78 is 2.18. The van der Waals surface area contributed by atoms with Gasteiger partial charge in [-0.2, -0.15) is 0 Å². The average molecular weight is 201 g/mol. The maximum atomic E-state index is 9.85. The summed E-state index contributed by atoms with van der Waals surface area (Å²) in [6.45, 7) is 0. The van der Waals surface area contributed by atoms with Crippen LogP contribution in [0.2, 0.25) is 0 Å². The number of aromatic nitrogens is 1. The predicted molar refractivity (Wildman–Crippen MR) is 60.8 cm³/mol. The third kappa shape index (κ3) is 1.45. The number of rotatable bonds is 1. The van der Waals surface area contributed by atoms with Crippen LogP contribution in [0.1, 0.15) is 25.3 Å². The molecule has 2 atom stereocenters. The van der Waals surface area contributed by atoms with Crippen LogP contribution in [0, 0.1) is 0 Å². The Kier molecular flexibility index (Phi) is 2.03. The van der Waals surface area contributed by atoms with Gasteiger partial charge in [-0.3, -0.25) is 0 Å². The molecular formula is C13H15NO. The molecule has 0 bridgehead atoms. The van der Waals surface area contributed by atoms with Crippen molar-refractivity contribution in [2.24, 2.45) is 0 Å². The number of benzene rings is 1. The molecule has 0 radical (unpaired) electrons. The van der Waals surface area contributed by atoms with E-state index in [0.29, 0.717) is 0 Å². The van der Waals surface area contributed by atoms with E-state index in [9.17, 15) is 5.11 Å². The van der Waals surface area contributed by atoms with E-state index < -0.39 is 0 Å². The highest BCUT2D eigenvalue weighted by molar-refractivity contribution is 5.82. The van der Waals surface area contributed by atoms with Crippen LogP contribution < -0.4 is 0 Å². The number of fused-ring (bicyclic) bond motifs is 1. The molecule has 15 heavy (non-hydrogen) atoms. The molecule has 2 aromatic rings. The van der Waals surface area contributed by atoms with E-state index in [-0.39, 0.29) is 12.1 Å². The normalized spacial score (nSPS) is 26.2. The van der Waals surface area contributed by atoms with E-state index in [2.05, 4.69) is 41.2 Å². The zero-order valence-electron chi connectivity index (χ0n) is 8.63. The van der Waals surface area contributed by atoms with Crippen molar-refractivity contribution in [3.63, 3.8) is 0 Å². The Hall–Kier alpha value is -1.28. The molecule has 0 saturated heterocycles. The Morgan fingerprint density at radius 2 is 1.73 bits per heavy atom. The van der Waals surface area contributed by atoms with Crippen molar-refractivity contribution >= 4 is 10.8 Å². The molecule has 2 heteroatoms. The molecular weight excluding hydrogens is 186 g/mol. The van der Waals surface area contributed by atoms with Crippen molar-refractivity contribution in [1.82, 2.24) is 4.57 Å². The highest BCUT2D eigenvalue weighted by Gasteiger charge is 2.26. The monoisotopic (exact) mass is 201 g/mol. The molecule has 1 aromatic carbocycles. The zero-order valence-corrected chi connectivity index (χ0v) is 8.63. The minimum absolute atomic E-state index is 0.160. The number of aliphatic hydroxyl groups excluding tert-OH is 1. The minimum atomic E-state index is -0.160. The van der Waals surface area contributed by atoms with E-state index in [1.54, 1.807) is 0 Å². The molecule has 1 aromatic heterocycles. The molecule has 78 valence electrons. The summed E-state index contributed by atoms with van der Waals surface area (Å²) in [5.74, 6) is 0. The Labute approximate surface area is 89.1 Å². The van der Waals surface area contributed by atoms with Crippen molar-refractivity contribution in [3.05, 3.63) is 36.7 Å². The molecule has 0 amide bonds. The predicted octanol–water partition coefficient (Wildman–Crippen LogP) is 2.73. The molecule has 3 rings (SSSR count). The van der Waals surface area contributed by atoms with E-state index >= 15 is 0 Å². The lowest BCUT2D eigenvalue weighted by Gasteiger charge is -2.15. The first-order valence-corrected chi connectivity index (χ1v) is 5.59. The van der Waals surface area contributed by atoms with Crippen LogP contribution in [0.4, 0.5) is 0 Å². The first kappa shape index (κ1) is 8.98. The maximum absolute atomic E-state index is 9.85. The SMILES string of the molecule is O[C@H]1CCC[C@@H]1n1cc2ccccc2c1. The fraction of sp³-hybridized carbons (Fsp3) is 0.385. The largest absolute Gasteiger partial charge is 0.391 e. The van der Waals surface area contributed by atoms with Crippen LogP contribution >= 0.6 is 0 Å². The Morgan fingerprint density at radius 1 is 1.07 bits per heavy atom. The van der Waals surface area contributed by atoms with Crippen LogP contribution in [0.25, 0.3) is 10.8 Å². The van der Waals surface area contributed by atoms with Crippen LogP contribution in [-0.4, -0.2) is 15.8 Å². The van der Waals surface area contributed by atoms with Gasteiger partial charge in [0.2, 0.25) is 0 Å². The first-order valence-electron chi connectivity index (χ1n) is 5.59. The Bertz CT molecular complexity index is 441. The molecule has 1 heterocycles. The molecule has 0 spiro atoms. The lowest BCUT2D eigenvalue weighted by molar-refractivity contribution is 0.137. The summed E-state index contributed by atoms with van der Waals surface area (Å²) in [6.07, 6.45) is 7.32. The van der Waals surface area contributed by atoms with Crippen molar-refractivity contribution in [2.75, 3.05) is 0 Å². The second-order valence-corrected chi connectivity index (χ2v) is 4.40. The number of nitrogens with zero attached hydrogens (tertiary/aromatic N) is 1. The maximum Gasteiger partial charge on any atom is 0.0747 e. The third-order valence-corrected chi connectivity index (χ3v) is 3.40. The molecule has 0 unspecified atom stereocenters. The van der Waals surface area contributed by atoms with Gasteiger partial charge in [0.15, 0.2) is 0 Å². The van der Waals surface area contributed by atoms with Crippen LogP contribution in [-0.2, 0) is 0 Å². The van der Waals surface area contributed by atoms with Crippen LogP contribution in [0.3, 0.4) is 0 Å². The molecule has 0 aliphatic heterocycles. The molecule has 1 aliphatic carbocycles. The van der Waals surface area contributed by atoms with E-state index in [0.717, 1.165) is 19.3 Å². The molecule has 1 aliphatic rings. The van der Waals surface area contributed by atoms with E-state index in [4.69, 9.17) is 0 Å². The van der Waals surface area contributed by atoms with Crippen molar-refractivity contribution in [1.29, 1.82) is 0 Å². The van der Waals surface area contributed by atoms with Gasteiger partial charge in [-0.15, -0.1) is 0 Å². The van der Waals surface area contributed by atoms with Gasteiger partial charge in [-0.05, 0) is 30.0 Å². The van der Waals surface area contributed by atoms with Crippen LogP contribution in [0.15, 0.2) is 36.7 Å². The Balaban J connectivity index is 2.04. The minimum Gasteiger partial charge on any atom is -0.391 e. The van der Waals surface area contributed by atoms with Gasteiger partial charge < -0.3 is 9.67 Å². The standard InChI is InChI=1S/C13H15NO/c15-13-7-3-6-12(13)14-8-10-4-1-2-5-11(10)9-14/h1-2,4-5,8-9,12-13,15H,3,6-7H2/t12-,13-/m0/s1. The number of hydrogen-bond acceptors (Lipinski definition) is 1. The lowest BCUT2D eigenvalue weighted by atomic mass is 10.2. The van der Waals surface area contributed by atoms with Crippen molar-refractivity contribution in [3.8, 4) is 0 Å². The van der Waals surface area contributed by atoms with Crippen molar-refractivity contribution in [2.45, 2.75) is 31.4 Å². The summed E-state index contributed by atoms with van der Waals surface area (Å²) in [7, 11) is 0. The van der Waals surface area contributed by atoms with Gasteiger partial charge in [0.1, 0.15) is 0 Å². The first-order chi connectivity index (χ1) is 7.34. The fourth-order valence-corrected chi connectivity index (χ4v) is 2.56. The topological polar surface area (TPSA) is 25.2 Å². The van der Waals surface area contributed by atoms with E-state index in [1.165, 1.54) is 10.8 Å². The van der Waals surface area contributed by atoms with Gasteiger partial charge in [0.25, 0.3) is 0 Å². The highest BCUT2D eigenvalue weighted by Crippen LogP contribution is 2.31. The third-order valence-electron chi connectivity index (χ3n) is 3.40. The summed E-state index contributed by atoms with van der Waals surface area (Å²) in [5.41, 5.74) is 0. The summed E-state index contributed by atoms with van der Waals surface area (Å²) in [5, 5.41) is 12.4. The molecule has 1 fully saturated rings. The van der Waals surface area contributed by atoms with Crippen molar-refractivity contribution < 1.29 is 5.11 Å². The molecule has 1 saturated carbocycles. The van der Waals surface area contributed by atoms with E-state index in [1.807, 2.05) is 0 Å². The molecule has 2 nitrogen and oxygen atoms in total. The van der Waals surface area contributed by atoms with Gasteiger partial charge in [-0.25, -0.2) is 0 Å². The zero-order chi connectivity index (χ0) is 10.3. The summed E-state index contributed by atoms with van der Waals surface area (Å²) in [4.78, 5) is 0.